The van der Waals surface area contributed by atoms with E-state index in [0.717, 1.165) is 6.92 Å². The van der Waals surface area contributed by atoms with Crippen LogP contribution < -0.4 is 5.32 Å². The van der Waals surface area contributed by atoms with Crippen molar-refractivity contribution in [2.45, 2.75) is 31.2 Å². The van der Waals surface area contributed by atoms with Gasteiger partial charge in [-0.1, -0.05) is 6.92 Å². The van der Waals surface area contributed by atoms with Crippen molar-refractivity contribution in [1.82, 2.24) is 10.2 Å². The maximum Gasteiger partial charge on any atom is 0.407 e. The van der Waals surface area contributed by atoms with Crippen LogP contribution >= 0.6 is 0 Å². The summed E-state index contributed by atoms with van der Waals surface area (Å²) in [4.78, 5) is 12.3. The van der Waals surface area contributed by atoms with E-state index in [4.69, 9.17) is 9.84 Å². The number of likely N-dealkylation sites (tertiary alicyclic amines) is 1. The fourth-order valence-corrected chi connectivity index (χ4v) is 2.67. The second-order valence-corrected chi connectivity index (χ2v) is 5.19. The second kappa shape index (κ2) is 4.82. The van der Waals surface area contributed by atoms with Crippen molar-refractivity contribution in [3.05, 3.63) is 0 Å². The first kappa shape index (κ1) is 14.4. The van der Waals surface area contributed by atoms with Gasteiger partial charge in [-0.25, -0.2) is 4.79 Å². The molecule has 2 aliphatic rings. The summed E-state index contributed by atoms with van der Waals surface area (Å²) in [5, 5.41) is 12.0. The molecule has 0 aromatic rings. The van der Waals surface area contributed by atoms with Gasteiger partial charge in [0.1, 0.15) is 5.60 Å². The summed E-state index contributed by atoms with van der Waals surface area (Å²) >= 11 is 0. The maximum atomic E-state index is 12.5. The summed E-state index contributed by atoms with van der Waals surface area (Å²) in [6.07, 6.45) is -4.91. The quantitative estimate of drug-likeness (QED) is 0.819. The Morgan fingerprint density at radius 2 is 2.32 bits per heavy atom. The summed E-state index contributed by atoms with van der Waals surface area (Å²) in [7, 11) is 0. The van der Waals surface area contributed by atoms with Crippen LogP contribution in [-0.4, -0.2) is 60.2 Å². The van der Waals surface area contributed by atoms with Crippen molar-refractivity contribution >= 4 is 6.09 Å². The first-order chi connectivity index (χ1) is 8.76. The van der Waals surface area contributed by atoms with Crippen LogP contribution in [0.15, 0.2) is 0 Å². The van der Waals surface area contributed by atoms with Gasteiger partial charge in [0, 0.05) is 19.6 Å². The van der Waals surface area contributed by atoms with E-state index >= 15 is 0 Å². The topological polar surface area (TPSA) is 61.8 Å². The standard InChI is InChI=1S/C11H17F3N2O3/c1-7(11(12,13)14)5-19-10-2-3-16(9(17)18)8(10)4-15-6-10/h7-8,15H,2-6H2,1H3,(H,17,18)/t7?,8-,10-/m1/s1. The van der Waals surface area contributed by atoms with E-state index in [2.05, 4.69) is 5.32 Å². The van der Waals surface area contributed by atoms with Crippen molar-refractivity contribution in [2.75, 3.05) is 26.2 Å². The number of carbonyl (C=O) groups is 1. The average Bonchev–Trinajstić information content (AvgIpc) is 2.81. The Morgan fingerprint density at radius 3 is 2.89 bits per heavy atom. The lowest BCUT2D eigenvalue weighted by molar-refractivity contribution is -0.195. The molecule has 0 spiro atoms. The van der Waals surface area contributed by atoms with Gasteiger partial charge in [-0.2, -0.15) is 13.2 Å². The van der Waals surface area contributed by atoms with Gasteiger partial charge in [0.05, 0.1) is 18.6 Å². The number of halogens is 3. The van der Waals surface area contributed by atoms with Crippen LogP contribution in [0, 0.1) is 5.92 Å². The van der Waals surface area contributed by atoms with Gasteiger partial charge in [0.25, 0.3) is 0 Å². The van der Waals surface area contributed by atoms with Gasteiger partial charge in [0.15, 0.2) is 0 Å². The van der Waals surface area contributed by atoms with Gasteiger partial charge < -0.3 is 20.1 Å². The van der Waals surface area contributed by atoms with Crippen molar-refractivity contribution in [3.63, 3.8) is 0 Å². The van der Waals surface area contributed by atoms with Gasteiger partial charge in [0.2, 0.25) is 0 Å². The number of fused-ring (bicyclic) bond motifs is 1. The number of hydrogen-bond donors (Lipinski definition) is 2. The van der Waals surface area contributed by atoms with E-state index in [1.165, 1.54) is 4.90 Å². The average molecular weight is 282 g/mol. The molecule has 2 N–H and O–H groups in total. The van der Waals surface area contributed by atoms with Gasteiger partial charge >= 0.3 is 12.3 Å². The highest BCUT2D eigenvalue weighted by Crippen LogP contribution is 2.36. The zero-order chi connectivity index (χ0) is 14.3. The molecular weight excluding hydrogens is 265 g/mol. The molecule has 5 nitrogen and oxygen atoms in total. The molecule has 2 heterocycles. The molecule has 0 radical (unpaired) electrons. The highest BCUT2D eigenvalue weighted by atomic mass is 19.4. The third-order valence-electron chi connectivity index (χ3n) is 3.95. The van der Waals surface area contributed by atoms with Gasteiger partial charge in [-0.3, -0.25) is 0 Å². The number of rotatable bonds is 3. The monoisotopic (exact) mass is 282 g/mol. The number of nitrogens with one attached hydrogen (secondary N) is 1. The Balaban J connectivity index is 2.01. The van der Waals surface area contributed by atoms with Crippen LogP contribution in [0.5, 0.6) is 0 Å². The minimum Gasteiger partial charge on any atom is -0.465 e. The predicted octanol–water partition coefficient (Wildman–Crippen LogP) is 1.30. The van der Waals surface area contributed by atoms with Crippen molar-refractivity contribution in [2.24, 2.45) is 5.92 Å². The number of amides is 1. The molecule has 0 aliphatic carbocycles. The first-order valence-electron chi connectivity index (χ1n) is 6.17. The Bertz CT molecular complexity index is 364. The van der Waals surface area contributed by atoms with Crippen LogP contribution in [-0.2, 0) is 4.74 Å². The SMILES string of the molecule is CC(CO[C@@]12CCN(C(=O)O)[C@@H]1CNC2)C(F)(F)F. The lowest BCUT2D eigenvalue weighted by atomic mass is 9.97. The lowest BCUT2D eigenvalue weighted by Crippen LogP contribution is -2.48. The molecule has 110 valence electrons. The fraction of sp³-hybridized carbons (Fsp3) is 0.909. The van der Waals surface area contributed by atoms with Crippen LogP contribution in [0.2, 0.25) is 0 Å². The molecule has 0 bridgehead atoms. The maximum absolute atomic E-state index is 12.5. The van der Waals surface area contributed by atoms with Crippen LogP contribution in [0.4, 0.5) is 18.0 Å². The fourth-order valence-electron chi connectivity index (χ4n) is 2.67. The van der Waals surface area contributed by atoms with Crippen molar-refractivity contribution in [3.8, 4) is 0 Å². The van der Waals surface area contributed by atoms with Crippen LogP contribution in [0.1, 0.15) is 13.3 Å². The van der Waals surface area contributed by atoms with E-state index in [-0.39, 0.29) is 0 Å². The molecule has 1 unspecified atom stereocenters. The molecule has 2 fully saturated rings. The highest BCUT2D eigenvalue weighted by molar-refractivity contribution is 5.66. The summed E-state index contributed by atoms with van der Waals surface area (Å²) in [6.45, 7) is 1.76. The number of alkyl halides is 3. The number of carboxylic acid groups (broad SMARTS) is 1. The van der Waals surface area contributed by atoms with Crippen LogP contribution in [0.25, 0.3) is 0 Å². The normalized spacial score (nSPS) is 32.4. The minimum absolute atomic E-state index is 0.308. The van der Waals surface area contributed by atoms with E-state index in [1.807, 2.05) is 0 Å². The van der Waals surface area contributed by atoms with Gasteiger partial charge in [-0.05, 0) is 6.42 Å². The first-order valence-corrected chi connectivity index (χ1v) is 6.17. The van der Waals surface area contributed by atoms with Crippen molar-refractivity contribution < 1.29 is 27.8 Å². The summed E-state index contributed by atoms with van der Waals surface area (Å²) in [5.74, 6) is -1.55. The molecule has 0 saturated carbocycles. The smallest absolute Gasteiger partial charge is 0.407 e. The molecule has 2 saturated heterocycles. The molecule has 0 aromatic carbocycles. The van der Waals surface area contributed by atoms with Crippen molar-refractivity contribution in [1.29, 1.82) is 0 Å². The predicted molar refractivity (Wildman–Crippen MR) is 59.9 cm³/mol. The van der Waals surface area contributed by atoms with E-state index in [0.29, 0.717) is 26.1 Å². The lowest BCUT2D eigenvalue weighted by Gasteiger charge is -2.31. The third-order valence-corrected chi connectivity index (χ3v) is 3.95. The second-order valence-electron chi connectivity index (χ2n) is 5.19. The number of hydrogen-bond acceptors (Lipinski definition) is 3. The Kier molecular flexibility index (Phi) is 3.65. The summed E-state index contributed by atoms with van der Waals surface area (Å²) < 4.78 is 42.9. The highest BCUT2D eigenvalue weighted by Gasteiger charge is 2.54. The number of nitrogens with zero attached hydrogens (tertiary/aromatic N) is 1. The van der Waals surface area contributed by atoms with Crippen LogP contribution in [0.3, 0.4) is 0 Å². The molecule has 8 heteroatoms. The van der Waals surface area contributed by atoms with E-state index in [1.54, 1.807) is 0 Å². The van der Waals surface area contributed by atoms with Gasteiger partial charge in [-0.15, -0.1) is 0 Å². The van der Waals surface area contributed by atoms with E-state index in [9.17, 15) is 18.0 Å². The zero-order valence-electron chi connectivity index (χ0n) is 10.5. The molecule has 2 rings (SSSR count). The molecule has 1 amide bonds. The third kappa shape index (κ3) is 2.64. The molecule has 0 aromatic heterocycles. The summed E-state index contributed by atoms with van der Waals surface area (Å²) in [5.41, 5.74) is -0.808. The molecule has 3 atom stereocenters. The zero-order valence-corrected chi connectivity index (χ0v) is 10.5. The summed E-state index contributed by atoms with van der Waals surface area (Å²) in [6, 6.07) is -0.398. The minimum atomic E-state index is -4.29. The Hall–Kier alpha value is -1.02. The largest absolute Gasteiger partial charge is 0.465 e. The molecule has 19 heavy (non-hydrogen) atoms. The molecule has 2 aliphatic heterocycles. The van der Waals surface area contributed by atoms with E-state index < -0.39 is 36.4 Å². The number of ether oxygens (including phenoxy) is 1. The Labute approximate surface area is 108 Å². The molecular formula is C11H17F3N2O3. The Morgan fingerprint density at radius 1 is 1.63 bits per heavy atom.